The highest BCUT2D eigenvalue weighted by Crippen LogP contribution is 2.34. The predicted octanol–water partition coefficient (Wildman–Crippen LogP) is 7.09. The number of carbonyl (C=O) groups is 1. The second-order valence-electron chi connectivity index (χ2n) is 11.9. The fourth-order valence-electron chi connectivity index (χ4n) is 5.30. The number of hydrogen-bond acceptors (Lipinski definition) is 13. The van der Waals surface area contributed by atoms with Gasteiger partial charge in [0.15, 0.2) is 27.9 Å². The summed E-state index contributed by atoms with van der Waals surface area (Å²) in [6, 6.07) is 5.23. The van der Waals surface area contributed by atoms with Gasteiger partial charge in [-0.15, -0.1) is 5.10 Å². The van der Waals surface area contributed by atoms with Crippen molar-refractivity contribution >= 4 is 50.5 Å². The molecule has 1 aromatic carbocycles. The van der Waals surface area contributed by atoms with Crippen molar-refractivity contribution < 1.29 is 32.2 Å². The molecular weight excluding hydrogens is 772 g/mol. The average molecular weight is 807 g/mol. The van der Waals surface area contributed by atoms with Crippen LogP contribution in [0.25, 0.3) is 11.1 Å². The first-order valence-corrected chi connectivity index (χ1v) is 17.3. The number of anilines is 2. The Labute approximate surface area is 290 Å². The molecule has 1 atom stereocenters. The van der Waals surface area contributed by atoms with E-state index in [9.17, 15) is 18.0 Å². The van der Waals surface area contributed by atoms with Crippen LogP contribution in [-0.2, 0) is 9.53 Å². The van der Waals surface area contributed by atoms with Crippen molar-refractivity contribution in [2.75, 3.05) is 38.1 Å². The third kappa shape index (κ3) is 10.2. The molecule has 260 valence electrons. The van der Waals surface area contributed by atoms with E-state index < -0.39 is 39.7 Å². The summed E-state index contributed by atoms with van der Waals surface area (Å²) in [4.78, 5) is 22.4. The van der Waals surface area contributed by atoms with E-state index in [-0.39, 0.29) is 35.6 Å². The highest BCUT2D eigenvalue weighted by atomic mass is 127. The summed E-state index contributed by atoms with van der Waals surface area (Å²) in [6.07, 6.45) is 1.37. The van der Waals surface area contributed by atoms with Gasteiger partial charge in [-0.1, -0.05) is 20.9 Å². The summed E-state index contributed by atoms with van der Waals surface area (Å²) in [5.41, 5.74) is 0.979. The Morgan fingerprint density at radius 1 is 1.17 bits per heavy atom. The van der Waals surface area contributed by atoms with Gasteiger partial charge in [-0.25, -0.2) is 13.2 Å². The van der Waals surface area contributed by atoms with Crippen LogP contribution in [0.1, 0.15) is 46.6 Å². The molecule has 0 spiro atoms. The van der Waals surface area contributed by atoms with Gasteiger partial charge in [-0.3, -0.25) is 14.4 Å². The second-order valence-corrected chi connectivity index (χ2v) is 14.3. The minimum Gasteiger partial charge on any atom is -0.487 e. The molecule has 2 aliphatic rings. The highest BCUT2D eigenvalue weighted by molar-refractivity contribution is 14.1. The Morgan fingerprint density at radius 3 is 2.54 bits per heavy atom. The number of nitrogens with one attached hydrogen (secondary N) is 1. The molecule has 0 aliphatic carbocycles. The van der Waals surface area contributed by atoms with Crippen LogP contribution in [0.3, 0.4) is 0 Å². The van der Waals surface area contributed by atoms with Crippen molar-refractivity contribution in [1.29, 1.82) is 0 Å². The molecule has 48 heavy (non-hydrogen) atoms. The zero-order valence-corrected chi connectivity index (χ0v) is 29.5. The number of hydrogen-bond donors (Lipinski definition) is 1. The fraction of sp³-hybridized carbons (Fsp3) is 0.517. The summed E-state index contributed by atoms with van der Waals surface area (Å²) in [5, 5.41) is 15.3. The summed E-state index contributed by atoms with van der Waals surface area (Å²) in [6.45, 7) is 7.96. The maximum Gasteiger partial charge on any atom is 0.422 e. The minimum absolute atomic E-state index is 0.0782. The molecular formula is C29H35ClF3IN10O4. The van der Waals surface area contributed by atoms with Crippen LogP contribution in [0.5, 0.6) is 11.6 Å². The Morgan fingerprint density at radius 2 is 1.90 bits per heavy atom. The first-order chi connectivity index (χ1) is 22.7. The van der Waals surface area contributed by atoms with E-state index >= 15 is 0 Å². The van der Waals surface area contributed by atoms with E-state index in [4.69, 9.17) is 25.8 Å². The van der Waals surface area contributed by atoms with Crippen molar-refractivity contribution in [2.24, 2.45) is 13.7 Å². The first-order valence-electron chi connectivity index (χ1n) is 15.0. The molecule has 1 N–H and O–H groups in total. The van der Waals surface area contributed by atoms with E-state index in [1.807, 2.05) is 20.8 Å². The summed E-state index contributed by atoms with van der Waals surface area (Å²) in [5.74, 6) is 0.0719. The summed E-state index contributed by atoms with van der Waals surface area (Å²) < 4.78 is 63.1. The zero-order chi connectivity index (χ0) is 34.5. The third-order valence-corrected chi connectivity index (χ3v) is 9.00. The molecule has 5 rings (SSSR count). The van der Waals surface area contributed by atoms with E-state index in [1.165, 1.54) is 6.92 Å². The van der Waals surface area contributed by atoms with E-state index in [2.05, 4.69) is 39.0 Å². The number of carbonyl (C=O) groups excluding carboxylic acids is 1. The number of piperidine rings is 1. The quantitative estimate of drug-likeness (QED) is 0.108. The number of ether oxygens (including phenoxy) is 3. The van der Waals surface area contributed by atoms with Gasteiger partial charge in [0.2, 0.25) is 5.95 Å². The van der Waals surface area contributed by atoms with Gasteiger partial charge in [-0.05, 0) is 61.8 Å². The van der Waals surface area contributed by atoms with Gasteiger partial charge in [0.05, 0.1) is 23.8 Å². The van der Waals surface area contributed by atoms with Crippen LogP contribution in [0, 0.1) is 0 Å². The summed E-state index contributed by atoms with van der Waals surface area (Å²) >= 11 is 5.78. The third-order valence-electron chi connectivity index (χ3n) is 7.22. The first kappa shape index (κ1) is 35.7. The number of likely N-dealkylation sites (tertiary alicyclic amines) is 1. The minimum atomic E-state index is -4.55. The van der Waals surface area contributed by atoms with Crippen LogP contribution in [-0.4, -0.2) is 84.5 Å². The second kappa shape index (κ2) is 15.3. The van der Waals surface area contributed by atoms with Crippen molar-refractivity contribution in [1.82, 2.24) is 27.9 Å². The molecule has 4 heterocycles. The molecule has 0 bridgehead atoms. The number of rotatable bonds is 13. The maximum atomic E-state index is 13.1. The van der Waals surface area contributed by atoms with Crippen LogP contribution in [0.15, 0.2) is 50.5 Å². The zero-order valence-electron chi connectivity index (χ0n) is 26.6. The van der Waals surface area contributed by atoms with Crippen LogP contribution < -0.4 is 14.8 Å². The van der Waals surface area contributed by atoms with Crippen molar-refractivity contribution in [3.05, 3.63) is 41.8 Å². The largest absolute Gasteiger partial charge is 0.487 e. The highest BCUT2D eigenvalue weighted by Gasteiger charge is 2.32. The van der Waals surface area contributed by atoms with Gasteiger partial charge in [0.25, 0.3) is 5.88 Å². The van der Waals surface area contributed by atoms with Crippen LogP contribution >= 0.6 is 32.9 Å². The average Bonchev–Trinajstić information content (AvgIpc) is 3.67. The number of esters is 1. The maximum absolute atomic E-state index is 13.1. The number of aromatic nitrogens is 4. The smallest absolute Gasteiger partial charge is 0.422 e. The SMILES string of the molecule is CC(=O)OC(C)(C)CN1CCC(n2cc(Nc3ncc(-c4ccc(Cl)c(O[C@@H](C)CN5N=NN=I5)c4)cn3)c(OCC(F)(F)F)n2)CC1. The molecule has 0 unspecified atom stereocenters. The molecule has 0 radical (unpaired) electrons. The van der Waals surface area contributed by atoms with Crippen LogP contribution in [0.2, 0.25) is 5.02 Å². The fourth-order valence-corrected chi connectivity index (χ4v) is 6.76. The van der Waals surface area contributed by atoms with E-state index in [0.717, 1.165) is 5.56 Å². The lowest BCUT2D eigenvalue weighted by atomic mass is 10.0. The molecule has 2 aromatic heterocycles. The van der Waals surface area contributed by atoms with Gasteiger partial charge in [-0.2, -0.15) is 13.2 Å². The lowest BCUT2D eigenvalue weighted by molar-refractivity contribution is -0.156. The monoisotopic (exact) mass is 806 g/mol. The van der Waals surface area contributed by atoms with Crippen molar-refractivity contribution in [2.45, 2.75) is 64.5 Å². The van der Waals surface area contributed by atoms with Gasteiger partial charge >= 0.3 is 12.1 Å². The topological polar surface area (TPSA) is 144 Å². The Balaban J connectivity index is 1.26. The molecule has 3 aromatic rings. The number of alkyl halides is 3. The number of halogens is 5. The molecule has 1 saturated heterocycles. The molecule has 14 nitrogen and oxygen atoms in total. The van der Waals surface area contributed by atoms with Crippen LogP contribution in [0.4, 0.5) is 24.8 Å². The molecule has 19 heteroatoms. The standard InChI is InChI=1S/C29H35ClF3IN10O4/c1-18(14-44-34-39-40-41-44)47-25-11-20(5-6-23(25)30)21-12-35-27(36-13-21)37-24-15-43(38-26(24)46-17-29(31,32)33)22-7-9-42(10-8-22)16-28(3,4)48-19(2)45/h5-6,11-13,15,18,22H,7-10,14,16-17H2,1-4H3,(H,35,36,37)/t18-/m0/s1. The Bertz CT molecular complexity index is 1620. The molecule has 0 amide bonds. The van der Waals surface area contributed by atoms with Gasteiger partial charge in [0.1, 0.15) is 23.1 Å². The normalized spacial score (nSPS) is 16.5. The van der Waals surface area contributed by atoms with Crippen molar-refractivity contribution in [3.63, 3.8) is 0 Å². The lowest BCUT2D eigenvalue weighted by Crippen LogP contribution is -2.45. The van der Waals surface area contributed by atoms with E-state index in [0.29, 0.717) is 55.4 Å². The number of benzene rings is 1. The Kier molecular flexibility index (Phi) is 11.3. The van der Waals surface area contributed by atoms with Crippen molar-refractivity contribution in [3.8, 4) is 22.8 Å². The molecule has 2 aliphatic heterocycles. The Hall–Kier alpha value is -3.65. The predicted molar refractivity (Wildman–Crippen MR) is 178 cm³/mol. The molecule has 1 fully saturated rings. The van der Waals surface area contributed by atoms with E-state index in [1.54, 1.807) is 44.7 Å². The number of nitrogens with zero attached hydrogens (tertiary/aromatic N) is 9. The molecule has 0 saturated carbocycles. The lowest BCUT2D eigenvalue weighted by Gasteiger charge is -2.36. The van der Waals surface area contributed by atoms with Gasteiger partial charge < -0.3 is 19.5 Å². The summed E-state index contributed by atoms with van der Waals surface area (Å²) in [7, 11) is 0. The van der Waals surface area contributed by atoms with Gasteiger partial charge in [0, 0.05) is 44.5 Å².